The van der Waals surface area contributed by atoms with Crippen molar-refractivity contribution in [1.82, 2.24) is 0 Å². The summed E-state index contributed by atoms with van der Waals surface area (Å²) in [7, 11) is 0. The van der Waals surface area contributed by atoms with E-state index in [1.165, 1.54) is 6.07 Å². The third-order valence-electron chi connectivity index (χ3n) is 1.93. The molecular weight excluding hydrogens is 238 g/mol. The Kier molecular flexibility index (Phi) is 2.93. The van der Waals surface area contributed by atoms with E-state index in [1.54, 1.807) is 0 Å². The van der Waals surface area contributed by atoms with Gasteiger partial charge < -0.3 is 5.11 Å². The van der Waals surface area contributed by atoms with E-state index < -0.39 is 23.5 Å². The first-order valence-electron chi connectivity index (χ1n) is 4.02. The number of halogens is 6. The largest absolute Gasteiger partial charge is 0.459 e. The van der Waals surface area contributed by atoms with Crippen molar-refractivity contribution in [3.63, 3.8) is 0 Å². The molecule has 0 aromatic heterocycles. The monoisotopic (exact) mass is 244 g/mol. The highest BCUT2D eigenvalue weighted by atomic mass is 19.4. The maximum atomic E-state index is 13.2. The number of hydrogen-bond donors (Lipinski definition) is 1. The van der Waals surface area contributed by atoms with Crippen molar-refractivity contribution < 1.29 is 31.4 Å². The molecule has 0 radical (unpaired) electrons. The summed E-state index contributed by atoms with van der Waals surface area (Å²) in [4.78, 5) is 0. The van der Waals surface area contributed by atoms with Crippen molar-refractivity contribution >= 4 is 0 Å². The molecule has 1 aromatic rings. The lowest BCUT2D eigenvalue weighted by Crippen LogP contribution is -2.52. The lowest BCUT2D eigenvalue weighted by Gasteiger charge is -2.30. The predicted octanol–water partition coefficient (Wildman–Crippen LogP) is 3.00. The van der Waals surface area contributed by atoms with Crippen LogP contribution in [0.4, 0.5) is 26.3 Å². The zero-order valence-electron chi connectivity index (χ0n) is 7.60. The standard InChI is InChI=1S/C9H6F6O/c10-7(16,6-4-2-1-3-5-6)8(11,12)9(13,14)15/h1-5,16H. The molecule has 0 bridgehead atoms. The molecule has 90 valence electrons. The van der Waals surface area contributed by atoms with E-state index in [0.29, 0.717) is 12.1 Å². The molecule has 0 fully saturated rings. The smallest absolute Gasteiger partial charge is 0.353 e. The van der Waals surface area contributed by atoms with E-state index in [2.05, 4.69) is 0 Å². The Balaban J connectivity index is 3.22. The van der Waals surface area contributed by atoms with E-state index in [0.717, 1.165) is 12.1 Å². The Bertz CT molecular complexity index is 356. The lowest BCUT2D eigenvalue weighted by atomic mass is 10.0. The molecular formula is C9H6F6O. The summed E-state index contributed by atoms with van der Waals surface area (Å²) in [6.45, 7) is 0. The number of rotatable bonds is 2. The van der Waals surface area contributed by atoms with Gasteiger partial charge in [-0.25, -0.2) is 0 Å². The molecule has 1 unspecified atom stereocenters. The highest BCUT2D eigenvalue weighted by molar-refractivity contribution is 5.23. The van der Waals surface area contributed by atoms with Crippen molar-refractivity contribution in [2.45, 2.75) is 18.0 Å². The third kappa shape index (κ3) is 1.87. The van der Waals surface area contributed by atoms with Crippen LogP contribution in [0.1, 0.15) is 5.56 Å². The predicted molar refractivity (Wildman–Crippen MR) is 42.4 cm³/mol. The van der Waals surface area contributed by atoms with Crippen molar-refractivity contribution in [3.8, 4) is 0 Å². The second-order valence-electron chi connectivity index (χ2n) is 3.06. The van der Waals surface area contributed by atoms with Crippen LogP contribution in [0.15, 0.2) is 30.3 Å². The average Bonchev–Trinajstić information content (AvgIpc) is 2.17. The van der Waals surface area contributed by atoms with Crippen LogP contribution < -0.4 is 0 Å². The molecule has 0 aliphatic heterocycles. The molecule has 1 N–H and O–H groups in total. The van der Waals surface area contributed by atoms with Gasteiger partial charge in [0.25, 0.3) is 0 Å². The molecule has 1 rings (SSSR count). The second kappa shape index (κ2) is 3.65. The van der Waals surface area contributed by atoms with Gasteiger partial charge in [0.2, 0.25) is 0 Å². The minimum atomic E-state index is -6.17. The first-order valence-corrected chi connectivity index (χ1v) is 4.02. The molecule has 0 saturated carbocycles. The van der Waals surface area contributed by atoms with Crippen molar-refractivity contribution in [1.29, 1.82) is 0 Å². The number of aliphatic hydroxyl groups is 1. The average molecular weight is 244 g/mol. The van der Waals surface area contributed by atoms with Gasteiger partial charge >= 0.3 is 18.0 Å². The van der Waals surface area contributed by atoms with Gasteiger partial charge in [-0.15, -0.1) is 0 Å². The molecule has 1 aromatic carbocycles. The Morgan fingerprint density at radius 1 is 0.812 bits per heavy atom. The fraction of sp³-hybridized carbons (Fsp3) is 0.333. The van der Waals surface area contributed by atoms with Crippen LogP contribution in [0.5, 0.6) is 0 Å². The normalized spacial score (nSPS) is 16.9. The van der Waals surface area contributed by atoms with Crippen LogP contribution >= 0.6 is 0 Å². The molecule has 0 heterocycles. The van der Waals surface area contributed by atoms with Crippen LogP contribution in [0.25, 0.3) is 0 Å². The summed E-state index contributed by atoms with van der Waals surface area (Å²) in [5.41, 5.74) is -1.16. The number of benzene rings is 1. The first kappa shape index (κ1) is 12.8. The van der Waals surface area contributed by atoms with Crippen molar-refractivity contribution in [2.24, 2.45) is 0 Å². The fourth-order valence-electron chi connectivity index (χ4n) is 1.03. The van der Waals surface area contributed by atoms with Crippen molar-refractivity contribution in [3.05, 3.63) is 35.9 Å². The zero-order valence-corrected chi connectivity index (χ0v) is 7.60. The highest BCUT2D eigenvalue weighted by Crippen LogP contribution is 2.49. The SMILES string of the molecule is OC(F)(c1ccccc1)C(F)(F)C(F)(F)F. The van der Waals surface area contributed by atoms with Crippen LogP contribution in [0.2, 0.25) is 0 Å². The Labute approximate surface area is 86.3 Å². The van der Waals surface area contributed by atoms with Gasteiger partial charge in [-0.3, -0.25) is 0 Å². The summed E-state index contributed by atoms with van der Waals surface area (Å²) in [6.07, 6.45) is -6.17. The molecule has 0 aliphatic carbocycles. The zero-order chi connectivity index (χ0) is 12.6. The van der Waals surface area contributed by atoms with Crippen LogP contribution in [0, 0.1) is 0 Å². The Morgan fingerprint density at radius 3 is 1.62 bits per heavy atom. The molecule has 16 heavy (non-hydrogen) atoms. The first-order chi connectivity index (χ1) is 7.11. The van der Waals surface area contributed by atoms with Gasteiger partial charge in [0.15, 0.2) is 0 Å². The minimum absolute atomic E-state index is 0.639. The fourth-order valence-corrected chi connectivity index (χ4v) is 1.03. The number of hydrogen-bond acceptors (Lipinski definition) is 1. The van der Waals surface area contributed by atoms with Crippen molar-refractivity contribution in [2.75, 3.05) is 0 Å². The van der Waals surface area contributed by atoms with Gasteiger partial charge in [-0.2, -0.15) is 26.3 Å². The maximum Gasteiger partial charge on any atom is 0.459 e. The molecule has 0 saturated heterocycles. The molecule has 1 atom stereocenters. The maximum absolute atomic E-state index is 13.2. The van der Waals surface area contributed by atoms with Crippen LogP contribution in [-0.2, 0) is 5.85 Å². The van der Waals surface area contributed by atoms with E-state index in [1.807, 2.05) is 0 Å². The topological polar surface area (TPSA) is 20.2 Å². The van der Waals surface area contributed by atoms with E-state index >= 15 is 0 Å². The Morgan fingerprint density at radius 2 is 1.25 bits per heavy atom. The third-order valence-corrected chi connectivity index (χ3v) is 1.93. The summed E-state index contributed by atoms with van der Waals surface area (Å²) in [6, 6.07) is 4.63. The van der Waals surface area contributed by atoms with Crippen LogP contribution in [0.3, 0.4) is 0 Å². The summed E-state index contributed by atoms with van der Waals surface area (Å²) in [5.74, 6) is -10.7. The molecule has 0 spiro atoms. The molecule has 1 nitrogen and oxygen atoms in total. The summed E-state index contributed by atoms with van der Waals surface area (Å²) in [5, 5.41) is 8.71. The second-order valence-corrected chi connectivity index (χ2v) is 3.06. The number of alkyl halides is 6. The molecule has 0 aliphatic rings. The van der Waals surface area contributed by atoms with E-state index in [4.69, 9.17) is 5.11 Å². The van der Waals surface area contributed by atoms with Gasteiger partial charge in [0, 0.05) is 5.56 Å². The minimum Gasteiger partial charge on any atom is -0.353 e. The van der Waals surface area contributed by atoms with Gasteiger partial charge in [0.1, 0.15) is 0 Å². The van der Waals surface area contributed by atoms with Gasteiger partial charge in [-0.05, 0) is 0 Å². The van der Waals surface area contributed by atoms with Crippen LogP contribution in [-0.4, -0.2) is 17.2 Å². The quantitative estimate of drug-likeness (QED) is 0.793. The molecule has 7 heteroatoms. The van der Waals surface area contributed by atoms with E-state index in [9.17, 15) is 26.3 Å². The lowest BCUT2D eigenvalue weighted by molar-refractivity contribution is -0.379. The van der Waals surface area contributed by atoms with Gasteiger partial charge in [-0.1, -0.05) is 30.3 Å². The molecule has 0 amide bonds. The highest BCUT2D eigenvalue weighted by Gasteiger charge is 2.72. The Hall–Kier alpha value is -1.24. The summed E-state index contributed by atoms with van der Waals surface area (Å²) >= 11 is 0. The summed E-state index contributed by atoms with van der Waals surface area (Å²) < 4.78 is 74.1. The van der Waals surface area contributed by atoms with E-state index in [-0.39, 0.29) is 0 Å². The van der Waals surface area contributed by atoms with Gasteiger partial charge in [0.05, 0.1) is 0 Å².